The molecular weight excluding hydrogens is 310 g/mol. The quantitative estimate of drug-likeness (QED) is 0.548. The zero-order valence-electron chi connectivity index (χ0n) is 16.4. The molecule has 0 aromatic rings. The van der Waals surface area contributed by atoms with Crippen molar-refractivity contribution in [1.29, 1.82) is 0 Å². The first-order valence-electron chi connectivity index (χ1n) is 10.4. The molecule has 2 heterocycles. The zero-order chi connectivity index (χ0) is 17.8. The van der Waals surface area contributed by atoms with E-state index in [9.17, 15) is 4.79 Å². The number of piperidine rings is 1. The average Bonchev–Trinajstić information content (AvgIpc) is 2.79. The highest BCUT2D eigenvalue weighted by Crippen LogP contribution is 2.57. The summed E-state index contributed by atoms with van der Waals surface area (Å²) in [6.45, 7) is 14.7. The second kappa shape index (κ2) is 6.11. The fourth-order valence-corrected chi connectivity index (χ4v) is 6.44. The molecule has 2 aliphatic carbocycles. The van der Waals surface area contributed by atoms with E-state index in [0.717, 1.165) is 32.5 Å². The topological polar surface area (TPSA) is 29.5 Å². The van der Waals surface area contributed by atoms with Crippen molar-refractivity contribution in [2.75, 3.05) is 19.6 Å². The van der Waals surface area contributed by atoms with Gasteiger partial charge in [-0.25, -0.2) is 0 Å². The van der Waals surface area contributed by atoms with Crippen LogP contribution in [0.1, 0.15) is 65.7 Å². The Hall–Kier alpha value is -0.830. The summed E-state index contributed by atoms with van der Waals surface area (Å²) in [6.07, 6.45) is 8.57. The highest BCUT2D eigenvalue weighted by molar-refractivity contribution is 5.75. The maximum atomic E-state index is 12.7. The van der Waals surface area contributed by atoms with E-state index in [4.69, 9.17) is 4.74 Å². The fraction of sp³-hybridized carbons (Fsp3) is 0.864. The van der Waals surface area contributed by atoms with Crippen LogP contribution in [0.4, 0.5) is 0 Å². The van der Waals surface area contributed by atoms with Crippen molar-refractivity contribution in [2.24, 2.45) is 28.6 Å². The number of carbonyl (C=O) groups is 1. The number of ether oxygens (including phenoxy) is 1. The SMILES string of the molecule is C=C1CCC[C@]2(C)C[C@H]3OC(=O)[C@@H](CN4CCCC(C)(C)C4)[C@H]3C[C@@H]12. The standard InChI is InChI=1S/C22H35NO2/c1-15-7-5-9-22(4)12-19-16(11-18(15)22)17(20(24)25-19)13-23-10-6-8-21(2,3)14-23/h16-19H,1,5-14H2,2-4H3/t16-,17+,18+,19-,22-/m1/s1. The fourth-order valence-electron chi connectivity index (χ4n) is 6.44. The maximum absolute atomic E-state index is 12.7. The third-order valence-corrected chi connectivity index (χ3v) is 7.75. The van der Waals surface area contributed by atoms with Crippen LogP contribution < -0.4 is 0 Å². The van der Waals surface area contributed by atoms with E-state index in [0.29, 0.717) is 22.7 Å². The molecule has 0 bridgehead atoms. The molecule has 5 atom stereocenters. The van der Waals surface area contributed by atoms with E-state index < -0.39 is 0 Å². The molecule has 140 valence electrons. The van der Waals surface area contributed by atoms with Gasteiger partial charge in [0.25, 0.3) is 0 Å². The maximum Gasteiger partial charge on any atom is 0.310 e. The summed E-state index contributed by atoms with van der Waals surface area (Å²) in [5, 5.41) is 0. The van der Waals surface area contributed by atoms with E-state index >= 15 is 0 Å². The first kappa shape index (κ1) is 17.6. The Labute approximate surface area is 153 Å². The van der Waals surface area contributed by atoms with Crippen LogP contribution in [0.5, 0.6) is 0 Å². The predicted molar refractivity (Wildman–Crippen MR) is 100 cm³/mol. The van der Waals surface area contributed by atoms with Gasteiger partial charge in [0, 0.05) is 19.0 Å². The summed E-state index contributed by atoms with van der Waals surface area (Å²) >= 11 is 0. The minimum absolute atomic E-state index is 0.0752. The number of hydrogen-bond donors (Lipinski definition) is 0. The van der Waals surface area contributed by atoms with E-state index in [-0.39, 0.29) is 18.0 Å². The molecule has 4 rings (SSSR count). The second-order valence-electron chi connectivity index (χ2n) is 10.4. The summed E-state index contributed by atoms with van der Waals surface area (Å²) in [5.41, 5.74) is 2.12. The third-order valence-electron chi connectivity index (χ3n) is 7.75. The highest BCUT2D eigenvalue weighted by Gasteiger charge is 2.55. The van der Waals surface area contributed by atoms with Gasteiger partial charge >= 0.3 is 5.97 Å². The van der Waals surface area contributed by atoms with Crippen LogP contribution in [0, 0.1) is 28.6 Å². The zero-order valence-corrected chi connectivity index (χ0v) is 16.4. The molecule has 4 fully saturated rings. The van der Waals surface area contributed by atoms with Gasteiger partial charge in [-0.1, -0.05) is 32.9 Å². The van der Waals surface area contributed by atoms with Gasteiger partial charge in [0.15, 0.2) is 0 Å². The molecule has 0 amide bonds. The van der Waals surface area contributed by atoms with Gasteiger partial charge in [-0.3, -0.25) is 4.79 Å². The van der Waals surface area contributed by atoms with Crippen LogP contribution in [0.2, 0.25) is 0 Å². The molecule has 2 saturated carbocycles. The summed E-state index contributed by atoms with van der Waals surface area (Å²) in [6, 6.07) is 0. The minimum atomic E-state index is 0.0752. The highest BCUT2D eigenvalue weighted by atomic mass is 16.6. The number of carbonyl (C=O) groups excluding carboxylic acids is 1. The monoisotopic (exact) mass is 345 g/mol. The lowest BCUT2D eigenvalue weighted by Crippen LogP contribution is -2.47. The van der Waals surface area contributed by atoms with Crippen LogP contribution in [0.25, 0.3) is 0 Å². The minimum Gasteiger partial charge on any atom is -0.462 e. The number of nitrogens with zero attached hydrogens (tertiary/aromatic N) is 1. The van der Waals surface area contributed by atoms with Gasteiger partial charge in [-0.05, 0) is 68.2 Å². The Morgan fingerprint density at radius 1 is 1.24 bits per heavy atom. The molecule has 2 saturated heterocycles. The second-order valence-corrected chi connectivity index (χ2v) is 10.4. The van der Waals surface area contributed by atoms with Crippen LogP contribution in [0.3, 0.4) is 0 Å². The molecule has 25 heavy (non-hydrogen) atoms. The van der Waals surface area contributed by atoms with Gasteiger partial charge in [-0.15, -0.1) is 0 Å². The van der Waals surface area contributed by atoms with Crippen molar-refractivity contribution in [1.82, 2.24) is 4.90 Å². The van der Waals surface area contributed by atoms with E-state index in [1.54, 1.807) is 0 Å². The summed E-state index contributed by atoms with van der Waals surface area (Å²) in [5.74, 6) is 1.16. The number of rotatable bonds is 2. The normalized spacial score (nSPS) is 44.1. The van der Waals surface area contributed by atoms with Crippen LogP contribution in [-0.2, 0) is 9.53 Å². The number of fused-ring (bicyclic) bond motifs is 2. The van der Waals surface area contributed by atoms with Gasteiger partial charge in [0.1, 0.15) is 6.10 Å². The number of allylic oxidation sites excluding steroid dienone is 1. The number of hydrogen-bond acceptors (Lipinski definition) is 3. The van der Waals surface area contributed by atoms with Gasteiger partial charge in [0.2, 0.25) is 0 Å². The van der Waals surface area contributed by atoms with Crippen molar-refractivity contribution in [3.05, 3.63) is 12.2 Å². The molecule has 0 aromatic heterocycles. The lowest BCUT2D eigenvalue weighted by atomic mass is 9.55. The molecule has 4 aliphatic rings. The first-order valence-corrected chi connectivity index (χ1v) is 10.4. The summed E-state index contributed by atoms with van der Waals surface area (Å²) < 4.78 is 5.93. The molecule has 3 heteroatoms. The van der Waals surface area contributed by atoms with Crippen molar-refractivity contribution in [3.63, 3.8) is 0 Å². The van der Waals surface area contributed by atoms with Crippen molar-refractivity contribution in [3.8, 4) is 0 Å². The average molecular weight is 346 g/mol. The number of esters is 1. The lowest BCUT2D eigenvalue weighted by Gasteiger charge is -2.50. The van der Waals surface area contributed by atoms with Crippen molar-refractivity contribution >= 4 is 5.97 Å². The Morgan fingerprint density at radius 2 is 2.04 bits per heavy atom. The molecule has 0 radical (unpaired) electrons. The number of likely N-dealkylation sites (tertiary alicyclic amines) is 1. The predicted octanol–water partition coefficient (Wildman–Crippen LogP) is 4.42. The summed E-state index contributed by atoms with van der Waals surface area (Å²) in [4.78, 5) is 15.2. The van der Waals surface area contributed by atoms with Gasteiger partial charge in [-0.2, -0.15) is 0 Å². The molecule has 0 spiro atoms. The molecular formula is C22H35NO2. The van der Waals surface area contributed by atoms with Crippen LogP contribution >= 0.6 is 0 Å². The van der Waals surface area contributed by atoms with E-state index in [1.165, 1.54) is 37.7 Å². The Kier molecular flexibility index (Phi) is 4.30. The van der Waals surface area contributed by atoms with Crippen LogP contribution in [-0.4, -0.2) is 36.6 Å². The molecule has 2 aliphatic heterocycles. The van der Waals surface area contributed by atoms with E-state index in [2.05, 4.69) is 32.3 Å². The molecule has 0 N–H and O–H groups in total. The first-order chi connectivity index (χ1) is 11.8. The van der Waals surface area contributed by atoms with Crippen LogP contribution in [0.15, 0.2) is 12.2 Å². The molecule has 3 nitrogen and oxygen atoms in total. The largest absolute Gasteiger partial charge is 0.462 e. The van der Waals surface area contributed by atoms with Gasteiger partial charge in [0.05, 0.1) is 5.92 Å². The molecule has 0 aromatic carbocycles. The van der Waals surface area contributed by atoms with Gasteiger partial charge < -0.3 is 9.64 Å². The smallest absolute Gasteiger partial charge is 0.310 e. The van der Waals surface area contributed by atoms with Crippen molar-refractivity contribution < 1.29 is 9.53 Å². The van der Waals surface area contributed by atoms with Crippen molar-refractivity contribution in [2.45, 2.75) is 71.8 Å². The van der Waals surface area contributed by atoms with E-state index in [1.807, 2.05) is 0 Å². The molecule has 0 unspecified atom stereocenters. The summed E-state index contributed by atoms with van der Waals surface area (Å²) in [7, 11) is 0. The third kappa shape index (κ3) is 3.18. The lowest BCUT2D eigenvalue weighted by molar-refractivity contribution is -0.146. The Balaban J connectivity index is 1.49. The Bertz CT molecular complexity index is 568. The Morgan fingerprint density at radius 3 is 2.80 bits per heavy atom.